The molecular formula is C9H6FN3O. The second kappa shape index (κ2) is 3.37. The molecule has 70 valence electrons. The molecule has 0 N–H and O–H groups in total. The van der Waals surface area contributed by atoms with Crippen LogP contribution in [-0.2, 0) is 0 Å². The number of carbonyl (C=O) groups is 1. The van der Waals surface area contributed by atoms with E-state index in [9.17, 15) is 9.18 Å². The van der Waals surface area contributed by atoms with Gasteiger partial charge in [-0.05, 0) is 12.1 Å². The van der Waals surface area contributed by atoms with E-state index < -0.39 is 5.82 Å². The fourth-order valence-electron chi connectivity index (χ4n) is 1.10. The molecule has 0 bridgehead atoms. The molecule has 14 heavy (non-hydrogen) atoms. The first-order chi connectivity index (χ1) is 6.81. The van der Waals surface area contributed by atoms with Crippen LogP contribution in [0.25, 0.3) is 5.69 Å². The molecule has 0 unspecified atom stereocenters. The van der Waals surface area contributed by atoms with Crippen LogP contribution in [0.3, 0.4) is 0 Å². The van der Waals surface area contributed by atoms with E-state index >= 15 is 0 Å². The number of carbonyl (C=O) groups excluding carboxylic acids is 1. The lowest BCUT2D eigenvalue weighted by molar-refractivity contribution is 0.112. The van der Waals surface area contributed by atoms with Crippen molar-refractivity contribution < 1.29 is 9.18 Å². The highest BCUT2D eigenvalue weighted by Crippen LogP contribution is 2.11. The summed E-state index contributed by atoms with van der Waals surface area (Å²) < 4.78 is 14.6. The Morgan fingerprint density at radius 2 is 2.29 bits per heavy atom. The summed E-state index contributed by atoms with van der Waals surface area (Å²) in [4.78, 5) is 14.1. The van der Waals surface area contributed by atoms with Crippen molar-refractivity contribution in [3.63, 3.8) is 0 Å². The predicted molar refractivity (Wildman–Crippen MR) is 46.7 cm³/mol. The molecule has 1 aromatic carbocycles. The van der Waals surface area contributed by atoms with Crippen LogP contribution < -0.4 is 0 Å². The van der Waals surface area contributed by atoms with E-state index in [1.54, 1.807) is 6.07 Å². The third kappa shape index (κ3) is 1.39. The van der Waals surface area contributed by atoms with Crippen molar-refractivity contribution in [2.75, 3.05) is 0 Å². The number of rotatable bonds is 2. The van der Waals surface area contributed by atoms with Crippen molar-refractivity contribution >= 4 is 6.29 Å². The summed E-state index contributed by atoms with van der Waals surface area (Å²) in [5.41, 5.74) is 0.569. The fourth-order valence-corrected chi connectivity index (χ4v) is 1.10. The molecule has 0 saturated carbocycles. The molecule has 0 saturated heterocycles. The van der Waals surface area contributed by atoms with Crippen LogP contribution in [-0.4, -0.2) is 21.1 Å². The van der Waals surface area contributed by atoms with Gasteiger partial charge in [-0.1, -0.05) is 0 Å². The zero-order valence-electron chi connectivity index (χ0n) is 7.09. The van der Waals surface area contributed by atoms with E-state index in [1.807, 2.05) is 0 Å². The first-order valence-electron chi connectivity index (χ1n) is 3.91. The van der Waals surface area contributed by atoms with Gasteiger partial charge in [0.15, 0.2) is 6.29 Å². The van der Waals surface area contributed by atoms with Crippen molar-refractivity contribution in [3.8, 4) is 5.69 Å². The molecule has 4 nitrogen and oxygen atoms in total. The number of nitrogens with zero attached hydrogens (tertiary/aromatic N) is 3. The highest BCUT2D eigenvalue weighted by atomic mass is 19.1. The smallest absolute Gasteiger partial charge is 0.152 e. The highest BCUT2D eigenvalue weighted by molar-refractivity contribution is 5.75. The van der Waals surface area contributed by atoms with Crippen molar-refractivity contribution in [2.24, 2.45) is 0 Å². The molecule has 2 aromatic rings. The third-order valence-electron chi connectivity index (χ3n) is 1.79. The maximum Gasteiger partial charge on any atom is 0.152 e. The zero-order valence-corrected chi connectivity index (χ0v) is 7.09. The maximum absolute atomic E-state index is 13.1. The van der Waals surface area contributed by atoms with Gasteiger partial charge in [0, 0.05) is 6.07 Å². The highest BCUT2D eigenvalue weighted by Gasteiger charge is 2.03. The molecule has 0 amide bonds. The van der Waals surface area contributed by atoms with Crippen LogP contribution in [0, 0.1) is 5.82 Å². The summed E-state index contributed by atoms with van der Waals surface area (Å²) in [6, 6.07) is 4.24. The van der Waals surface area contributed by atoms with E-state index in [1.165, 1.54) is 29.5 Å². The van der Waals surface area contributed by atoms with E-state index in [0.29, 0.717) is 12.0 Å². The average Bonchev–Trinajstić information content (AvgIpc) is 2.70. The van der Waals surface area contributed by atoms with Gasteiger partial charge in [-0.15, -0.1) is 0 Å². The molecule has 0 aliphatic heterocycles. The molecule has 0 fully saturated rings. The van der Waals surface area contributed by atoms with Gasteiger partial charge < -0.3 is 0 Å². The summed E-state index contributed by atoms with van der Waals surface area (Å²) >= 11 is 0. The van der Waals surface area contributed by atoms with E-state index in [0.717, 1.165) is 0 Å². The molecule has 0 aliphatic carbocycles. The van der Waals surface area contributed by atoms with Crippen LogP contribution in [0.2, 0.25) is 0 Å². The number of hydrogen-bond acceptors (Lipinski definition) is 3. The SMILES string of the molecule is O=Cc1ccc(-n2cncn2)cc1F. The Kier molecular flexibility index (Phi) is 2.06. The zero-order chi connectivity index (χ0) is 9.97. The van der Waals surface area contributed by atoms with Crippen molar-refractivity contribution in [1.82, 2.24) is 14.8 Å². The van der Waals surface area contributed by atoms with Gasteiger partial charge >= 0.3 is 0 Å². The lowest BCUT2D eigenvalue weighted by atomic mass is 10.2. The molecule has 0 aliphatic rings. The summed E-state index contributed by atoms with van der Waals surface area (Å²) in [6.45, 7) is 0. The minimum Gasteiger partial charge on any atom is -0.298 e. The predicted octanol–water partition coefficient (Wildman–Crippen LogP) is 1.22. The summed E-state index contributed by atoms with van der Waals surface area (Å²) in [7, 11) is 0. The van der Waals surface area contributed by atoms with Gasteiger partial charge in [-0.3, -0.25) is 4.79 Å². The van der Waals surface area contributed by atoms with Crippen LogP contribution >= 0.6 is 0 Å². The second-order valence-corrected chi connectivity index (χ2v) is 2.66. The van der Waals surface area contributed by atoms with E-state index in [4.69, 9.17) is 0 Å². The van der Waals surface area contributed by atoms with E-state index in [2.05, 4.69) is 10.1 Å². The number of aromatic nitrogens is 3. The average molecular weight is 191 g/mol. The van der Waals surface area contributed by atoms with Gasteiger partial charge in [0.2, 0.25) is 0 Å². The third-order valence-corrected chi connectivity index (χ3v) is 1.79. The molecule has 1 heterocycles. The quantitative estimate of drug-likeness (QED) is 0.670. The van der Waals surface area contributed by atoms with Crippen molar-refractivity contribution in [2.45, 2.75) is 0 Å². The summed E-state index contributed by atoms with van der Waals surface area (Å²) in [5.74, 6) is -0.562. The number of hydrogen-bond donors (Lipinski definition) is 0. The molecule has 0 spiro atoms. The minimum absolute atomic E-state index is 0.0360. The monoisotopic (exact) mass is 191 g/mol. The Labute approximate surface area is 79.0 Å². The first kappa shape index (κ1) is 8.55. The standard InChI is InChI=1S/C9H6FN3O/c10-9-3-8(2-1-7(9)4-14)13-6-11-5-12-13/h1-6H. The fraction of sp³-hybridized carbons (Fsp3) is 0. The van der Waals surface area contributed by atoms with Gasteiger partial charge in [-0.2, -0.15) is 5.10 Å². The molecule has 0 atom stereocenters. The Morgan fingerprint density at radius 3 is 2.86 bits per heavy atom. The van der Waals surface area contributed by atoms with Crippen molar-refractivity contribution in [3.05, 3.63) is 42.2 Å². The lowest BCUT2D eigenvalue weighted by Gasteiger charge is -2.00. The van der Waals surface area contributed by atoms with Gasteiger partial charge in [0.1, 0.15) is 18.5 Å². The minimum atomic E-state index is -0.562. The first-order valence-corrected chi connectivity index (χ1v) is 3.91. The van der Waals surface area contributed by atoms with Gasteiger partial charge in [-0.25, -0.2) is 14.1 Å². The Hall–Kier alpha value is -2.04. The Bertz CT molecular complexity index is 453. The molecule has 2 rings (SSSR count). The number of benzene rings is 1. The lowest BCUT2D eigenvalue weighted by Crippen LogP contribution is -1.96. The van der Waals surface area contributed by atoms with Crippen LogP contribution in [0.4, 0.5) is 4.39 Å². The molecule has 5 heteroatoms. The van der Waals surface area contributed by atoms with Crippen LogP contribution in [0.5, 0.6) is 0 Å². The van der Waals surface area contributed by atoms with Crippen LogP contribution in [0.15, 0.2) is 30.9 Å². The Balaban J connectivity index is 2.48. The van der Waals surface area contributed by atoms with E-state index in [-0.39, 0.29) is 5.56 Å². The largest absolute Gasteiger partial charge is 0.298 e. The summed E-state index contributed by atoms with van der Waals surface area (Å²) in [6.07, 6.45) is 3.28. The van der Waals surface area contributed by atoms with Crippen molar-refractivity contribution in [1.29, 1.82) is 0 Å². The molecule has 1 aromatic heterocycles. The maximum atomic E-state index is 13.1. The Morgan fingerprint density at radius 1 is 1.43 bits per heavy atom. The second-order valence-electron chi connectivity index (χ2n) is 2.66. The van der Waals surface area contributed by atoms with Gasteiger partial charge in [0.05, 0.1) is 11.3 Å². The normalized spacial score (nSPS) is 10.1. The number of halogens is 1. The molecule has 0 radical (unpaired) electrons. The molecular weight excluding hydrogens is 185 g/mol. The summed E-state index contributed by atoms with van der Waals surface area (Å²) in [5, 5.41) is 3.83. The van der Waals surface area contributed by atoms with Gasteiger partial charge in [0.25, 0.3) is 0 Å². The number of aldehydes is 1. The van der Waals surface area contributed by atoms with Crippen LogP contribution in [0.1, 0.15) is 10.4 Å². The topological polar surface area (TPSA) is 47.8 Å².